The number of anilines is 1. The Balaban J connectivity index is 1.33. The van der Waals surface area contributed by atoms with E-state index >= 15 is 0 Å². The van der Waals surface area contributed by atoms with E-state index in [1.807, 2.05) is 19.1 Å². The van der Waals surface area contributed by atoms with E-state index in [2.05, 4.69) is 0 Å². The molecule has 35 heavy (non-hydrogen) atoms. The molecule has 1 atom stereocenters. The minimum Gasteiger partial charge on any atom is -0.376 e. The van der Waals surface area contributed by atoms with Gasteiger partial charge < -0.3 is 4.74 Å². The zero-order valence-corrected chi connectivity index (χ0v) is 21.9. The first kappa shape index (κ1) is 24.6. The molecule has 1 unspecified atom stereocenters. The van der Waals surface area contributed by atoms with E-state index in [4.69, 9.17) is 21.3 Å². The average Bonchev–Trinajstić information content (AvgIpc) is 3.52. The molecule has 2 aliphatic rings. The number of aromatic nitrogens is 1. The molecular formula is C25H28ClN3O4S2. The van der Waals surface area contributed by atoms with Crippen molar-refractivity contribution in [2.75, 3.05) is 31.1 Å². The second-order valence-electron chi connectivity index (χ2n) is 9.18. The van der Waals surface area contributed by atoms with Crippen LogP contribution in [0.2, 0.25) is 5.02 Å². The lowest BCUT2D eigenvalue weighted by Gasteiger charge is -2.33. The molecule has 0 N–H and O–H groups in total. The summed E-state index contributed by atoms with van der Waals surface area (Å²) >= 11 is 7.60. The fraction of sp³-hybridized carbons (Fsp3) is 0.440. The first-order valence-corrected chi connectivity index (χ1v) is 14.5. The van der Waals surface area contributed by atoms with Gasteiger partial charge in [-0.05, 0) is 62.9 Å². The van der Waals surface area contributed by atoms with Crippen molar-refractivity contribution < 1.29 is 17.9 Å². The van der Waals surface area contributed by atoms with Crippen LogP contribution in [0.15, 0.2) is 47.4 Å². The maximum Gasteiger partial charge on any atom is 0.243 e. The van der Waals surface area contributed by atoms with Crippen LogP contribution < -0.4 is 4.90 Å². The van der Waals surface area contributed by atoms with E-state index in [9.17, 15) is 13.2 Å². The third kappa shape index (κ3) is 5.24. The molecule has 3 heterocycles. The Kier molecular flexibility index (Phi) is 7.14. The first-order chi connectivity index (χ1) is 16.8. The van der Waals surface area contributed by atoms with Crippen molar-refractivity contribution in [3.8, 4) is 0 Å². The molecule has 0 radical (unpaired) electrons. The molecule has 2 aliphatic heterocycles. The number of sulfonamides is 1. The van der Waals surface area contributed by atoms with Crippen LogP contribution in [0.5, 0.6) is 0 Å². The second kappa shape index (κ2) is 10.1. The van der Waals surface area contributed by atoms with Crippen molar-refractivity contribution in [1.82, 2.24) is 9.29 Å². The number of hydrogen-bond donors (Lipinski definition) is 0. The standard InChI is InChI=1S/C25H28ClN3O4S2/c1-17-4-7-21(8-5-17)35(31,32)28-12-10-18(11-13-28)24(30)29(16-20-3-2-14-33-20)25-27-22-9-6-19(26)15-23(22)34-25/h4-9,15,18,20H,2-3,10-14,16H2,1H3. The van der Waals surface area contributed by atoms with Gasteiger partial charge in [0.15, 0.2) is 5.13 Å². The molecule has 1 amide bonds. The molecule has 1 aromatic heterocycles. The minimum absolute atomic E-state index is 0.0157. The Morgan fingerprint density at radius 1 is 1.17 bits per heavy atom. The number of aryl methyl sites for hydroxylation is 1. The van der Waals surface area contributed by atoms with Crippen LogP contribution in [-0.2, 0) is 19.6 Å². The van der Waals surface area contributed by atoms with Crippen molar-refractivity contribution in [1.29, 1.82) is 0 Å². The fourth-order valence-electron chi connectivity index (χ4n) is 4.68. The van der Waals surface area contributed by atoms with Gasteiger partial charge in [0.2, 0.25) is 15.9 Å². The smallest absolute Gasteiger partial charge is 0.243 e. The molecule has 10 heteroatoms. The number of fused-ring (bicyclic) bond motifs is 1. The highest BCUT2D eigenvalue weighted by atomic mass is 35.5. The summed E-state index contributed by atoms with van der Waals surface area (Å²) in [7, 11) is -3.57. The number of ether oxygens (including phenoxy) is 1. The minimum atomic E-state index is -3.57. The lowest BCUT2D eigenvalue weighted by atomic mass is 9.96. The maximum atomic E-state index is 13.7. The number of benzene rings is 2. The highest BCUT2D eigenvalue weighted by Gasteiger charge is 2.36. The first-order valence-electron chi connectivity index (χ1n) is 11.9. The number of halogens is 1. The van der Waals surface area contributed by atoms with Crippen molar-refractivity contribution in [2.24, 2.45) is 5.92 Å². The van der Waals surface area contributed by atoms with Crippen LogP contribution in [0.25, 0.3) is 10.2 Å². The summed E-state index contributed by atoms with van der Waals surface area (Å²) < 4.78 is 34.4. The molecule has 5 rings (SSSR count). The van der Waals surface area contributed by atoms with E-state index in [1.165, 1.54) is 15.6 Å². The molecule has 2 saturated heterocycles. The van der Waals surface area contributed by atoms with Crippen molar-refractivity contribution in [2.45, 2.75) is 43.6 Å². The summed E-state index contributed by atoms with van der Waals surface area (Å²) in [6, 6.07) is 12.4. The largest absolute Gasteiger partial charge is 0.376 e. The number of piperidine rings is 1. The van der Waals surface area contributed by atoms with Crippen LogP contribution in [0, 0.1) is 12.8 Å². The number of hydrogen-bond acceptors (Lipinski definition) is 6. The Morgan fingerprint density at radius 3 is 2.60 bits per heavy atom. The van der Waals surface area contributed by atoms with Gasteiger partial charge in [-0.3, -0.25) is 9.69 Å². The number of rotatable bonds is 6. The van der Waals surface area contributed by atoms with E-state index in [1.54, 1.807) is 35.2 Å². The topological polar surface area (TPSA) is 79.8 Å². The van der Waals surface area contributed by atoms with Crippen LogP contribution in [0.3, 0.4) is 0 Å². The molecule has 0 aliphatic carbocycles. The zero-order chi connectivity index (χ0) is 24.6. The third-order valence-electron chi connectivity index (χ3n) is 6.71. The van der Waals surface area contributed by atoms with Gasteiger partial charge in [-0.15, -0.1) is 0 Å². The van der Waals surface area contributed by atoms with Gasteiger partial charge in [0, 0.05) is 30.6 Å². The molecular weight excluding hydrogens is 506 g/mol. The molecule has 0 bridgehead atoms. The number of thiazole rings is 1. The Morgan fingerprint density at radius 2 is 1.91 bits per heavy atom. The van der Waals surface area contributed by atoms with Gasteiger partial charge >= 0.3 is 0 Å². The molecule has 0 saturated carbocycles. The number of carbonyl (C=O) groups excluding carboxylic acids is 1. The van der Waals surface area contributed by atoms with Gasteiger partial charge in [-0.2, -0.15) is 4.31 Å². The van der Waals surface area contributed by atoms with E-state index in [-0.39, 0.29) is 17.9 Å². The number of nitrogens with zero attached hydrogens (tertiary/aromatic N) is 3. The van der Waals surface area contributed by atoms with Gasteiger partial charge in [0.25, 0.3) is 0 Å². The Hall–Kier alpha value is -2.04. The monoisotopic (exact) mass is 533 g/mol. The van der Waals surface area contributed by atoms with Crippen molar-refractivity contribution in [3.63, 3.8) is 0 Å². The Labute approximate surface area is 214 Å². The summed E-state index contributed by atoms with van der Waals surface area (Å²) in [4.78, 5) is 20.5. The lowest BCUT2D eigenvalue weighted by molar-refractivity contribution is -0.123. The normalized spacial score (nSPS) is 19.9. The molecule has 186 valence electrons. The van der Waals surface area contributed by atoms with Crippen LogP contribution in [0.4, 0.5) is 5.13 Å². The average molecular weight is 534 g/mol. The summed E-state index contributed by atoms with van der Waals surface area (Å²) in [6.07, 6.45) is 2.83. The number of carbonyl (C=O) groups is 1. The summed E-state index contributed by atoms with van der Waals surface area (Å²) in [5.74, 6) is -0.283. The van der Waals surface area contributed by atoms with Crippen LogP contribution >= 0.6 is 22.9 Å². The van der Waals surface area contributed by atoms with Gasteiger partial charge in [0.1, 0.15) is 0 Å². The number of amides is 1. The highest BCUT2D eigenvalue weighted by molar-refractivity contribution is 7.89. The fourth-order valence-corrected chi connectivity index (χ4v) is 7.40. The Bertz CT molecular complexity index is 1310. The summed E-state index contributed by atoms with van der Waals surface area (Å²) in [5.41, 5.74) is 1.82. The van der Waals surface area contributed by atoms with E-state index in [0.717, 1.165) is 28.6 Å². The third-order valence-corrected chi connectivity index (χ3v) is 9.90. The van der Waals surface area contributed by atoms with E-state index < -0.39 is 10.0 Å². The molecule has 7 nitrogen and oxygen atoms in total. The van der Waals surface area contributed by atoms with Gasteiger partial charge in [0.05, 0.1) is 27.8 Å². The van der Waals surface area contributed by atoms with Crippen molar-refractivity contribution >= 4 is 54.2 Å². The summed E-state index contributed by atoms with van der Waals surface area (Å²) in [6.45, 7) is 3.72. The molecule has 2 fully saturated rings. The van der Waals surface area contributed by atoms with Gasteiger partial charge in [-0.25, -0.2) is 13.4 Å². The van der Waals surface area contributed by atoms with Crippen LogP contribution in [0.1, 0.15) is 31.2 Å². The second-order valence-corrected chi connectivity index (χ2v) is 12.6. The van der Waals surface area contributed by atoms with Gasteiger partial charge in [-0.1, -0.05) is 40.6 Å². The predicted molar refractivity (Wildman–Crippen MR) is 139 cm³/mol. The van der Waals surface area contributed by atoms with Crippen molar-refractivity contribution in [3.05, 3.63) is 53.1 Å². The summed E-state index contributed by atoms with van der Waals surface area (Å²) in [5, 5.41) is 1.27. The predicted octanol–water partition coefficient (Wildman–Crippen LogP) is 4.87. The maximum absolute atomic E-state index is 13.7. The molecule has 2 aromatic carbocycles. The molecule has 0 spiro atoms. The van der Waals surface area contributed by atoms with Crippen LogP contribution in [-0.4, -0.2) is 56.0 Å². The quantitative estimate of drug-likeness (QED) is 0.451. The van der Waals surface area contributed by atoms with E-state index in [0.29, 0.717) is 54.1 Å². The lowest BCUT2D eigenvalue weighted by Crippen LogP contribution is -2.46. The SMILES string of the molecule is Cc1ccc(S(=O)(=O)N2CCC(C(=O)N(CC3CCCO3)c3nc4ccc(Cl)cc4s3)CC2)cc1. The zero-order valence-electron chi connectivity index (χ0n) is 19.5. The molecule has 3 aromatic rings. The highest BCUT2D eigenvalue weighted by Crippen LogP contribution is 2.34.